The fourth-order valence-electron chi connectivity index (χ4n) is 2.97. The van der Waals surface area contributed by atoms with Crippen LogP contribution in [0.25, 0.3) is 0 Å². The number of nitrogens with one attached hydrogen (secondary N) is 1. The average Bonchev–Trinajstić information content (AvgIpc) is 3.21. The number of carbonyl (C=O) groups excluding carboxylic acids is 2. The van der Waals surface area contributed by atoms with Crippen LogP contribution < -0.4 is 5.32 Å². The summed E-state index contributed by atoms with van der Waals surface area (Å²) in [6.07, 6.45) is 0. The molecule has 0 radical (unpaired) electrons. The largest absolute Gasteiger partial charge is 0.351 e. The maximum absolute atomic E-state index is 12.9. The lowest BCUT2D eigenvalue weighted by molar-refractivity contribution is -0.126. The number of amides is 2. The summed E-state index contributed by atoms with van der Waals surface area (Å²) in [5.41, 5.74) is 0.860. The van der Waals surface area contributed by atoms with Gasteiger partial charge in [-0.15, -0.1) is 11.3 Å². The summed E-state index contributed by atoms with van der Waals surface area (Å²) in [7, 11) is 0. The van der Waals surface area contributed by atoms with Gasteiger partial charge in [-0.1, -0.05) is 18.2 Å². The predicted molar refractivity (Wildman–Crippen MR) is 99.5 cm³/mol. The van der Waals surface area contributed by atoms with Crippen molar-refractivity contribution in [3.63, 3.8) is 0 Å². The van der Waals surface area contributed by atoms with Gasteiger partial charge in [-0.25, -0.2) is 4.39 Å². The van der Waals surface area contributed by atoms with E-state index < -0.39 is 0 Å². The Hall–Kier alpha value is -2.25. The smallest absolute Gasteiger partial charge is 0.264 e. The van der Waals surface area contributed by atoms with Crippen LogP contribution in [0.1, 0.15) is 22.2 Å². The molecule has 0 spiro atoms. The first-order valence-corrected chi connectivity index (χ1v) is 9.51. The van der Waals surface area contributed by atoms with E-state index in [9.17, 15) is 14.0 Å². The van der Waals surface area contributed by atoms with Crippen LogP contribution in [0.4, 0.5) is 4.39 Å². The van der Waals surface area contributed by atoms with Gasteiger partial charge in [0, 0.05) is 32.7 Å². The quantitative estimate of drug-likeness (QED) is 0.873. The first-order chi connectivity index (χ1) is 12.5. The van der Waals surface area contributed by atoms with E-state index >= 15 is 0 Å². The van der Waals surface area contributed by atoms with E-state index in [2.05, 4.69) is 10.2 Å². The number of piperazine rings is 1. The monoisotopic (exact) mass is 375 g/mol. The highest BCUT2D eigenvalue weighted by atomic mass is 32.1. The number of nitrogens with zero attached hydrogens (tertiary/aromatic N) is 2. The van der Waals surface area contributed by atoms with Gasteiger partial charge >= 0.3 is 0 Å². The molecule has 1 aliphatic rings. The fourth-order valence-corrected chi connectivity index (χ4v) is 3.66. The summed E-state index contributed by atoms with van der Waals surface area (Å²) in [6, 6.07) is 9.54. The Kier molecular flexibility index (Phi) is 6.00. The third kappa shape index (κ3) is 4.47. The summed E-state index contributed by atoms with van der Waals surface area (Å²) >= 11 is 1.45. The molecule has 2 heterocycles. The standard InChI is InChI=1S/C19H22FN3O2S/c1-14(18(24)21-13-15-4-6-16(20)7-5-15)22-8-10-23(11-9-22)19(25)17-3-2-12-26-17/h2-7,12,14H,8-11,13H2,1H3,(H,21,24). The van der Waals surface area contributed by atoms with Crippen molar-refractivity contribution in [2.75, 3.05) is 26.2 Å². The van der Waals surface area contributed by atoms with E-state index in [1.807, 2.05) is 29.3 Å². The van der Waals surface area contributed by atoms with Gasteiger partial charge in [0.15, 0.2) is 0 Å². The first-order valence-electron chi connectivity index (χ1n) is 8.63. The molecule has 7 heteroatoms. The molecule has 1 N–H and O–H groups in total. The molecule has 1 unspecified atom stereocenters. The zero-order chi connectivity index (χ0) is 18.5. The second kappa shape index (κ2) is 8.42. The van der Waals surface area contributed by atoms with Gasteiger partial charge < -0.3 is 10.2 Å². The molecule has 1 saturated heterocycles. The van der Waals surface area contributed by atoms with Crippen molar-refractivity contribution >= 4 is 23.2 Å². The molecule has 1 aromatic carbocycles. The van der Waals surface area contributed by atoms with Crippen molar-refractivity contribution in [2.24, 2.45) is 0 Å². The van der Waals surface area contributed by atoms with Crippen molar-refractivity contribution < 1.29 is 14.0 Å². The molecule has 1 aliphatic heterocycles. The van der Waals surface area contributed by atoms with Gasteiger partial charge in [0.25, 0.3) is 5.91 Å². The Morgan fingerprint density at radius 1 is 1.15 bits per heavy atom. The first kappa shape index (κ1) is 18.5. The molecule has 138 valence electrons. The van der Waals surface area contributed by atoms with E-state index in [4.69, 9.17) is 0 Å². The Balaban J connectivity index is 1.46. The van der Waals surface area contributed by atoms with Crippen LogP contribution in [0, 0.1) is 5.82 Å². The lowest BCUT2D eigenvalue weighted by Gasteiger charge is -2.37. The zero-order valence-electron chi connectivity index (χ0n) is 14.7. The van der Waals surface area contributed by atoms with E-state index in [1.165, 1.54) is 23.5 Å². The summed E-state index contributed by atoms with van der Waals surface area (Å²) in [5.74, 6) is -0.288. The highest BCUT2D eigenvalue weighted by Crippen LogP contribution is 2.15. The molecule has 0 bridgehead atoms. The van der Waals surface area contributed by atoms with Crippen molar-refractivity contribution in [2.45, 2.75) is 19.5 Å². The maximum Gasteiger partial charge on any atom is 0.264 e. The molecule has 3 rings (SSSR count). The Morgan fingerprint density at radius 2 is 1.85 bits per heavy atom. The molecule has 0 aliphatic carbocycles. The lowest BCUT2D eigenvalue weighted by atomic mass is 10.2. The fraction of sp³-hybridized carbons (Fsp3) is 0.368. The third-order valence-electron chi connectivity index (χ3n) is 4.64. The number of hydrogen-bond acceptors (Lipinski definition) is 4. The number of carbonyl (C=O) groups is 2. The second-order valence-corrected chi connectivity index (χ2v) is 7.27. The molecule has 1 fully saturated rings. The van der Waals surface area contributed by atoms with Gasteiger partial charge in [0.05, 0.1) is 10.9 Å². The van der Waals surface area contributed by atoms with Crippen LogP contribution in [-0.2, 0) is 11.3 Å². The molecule has 26 heavy (non-hydrogen) atoms. The van der Waals surface area contributed by atoms with Crippen LogP contribution in [0.3, 0.4) is 0 Å². The Morgan fingerprint density at radius 3 is 2.46 bits per heavy atom. The third-order valence-corrected chi connectivity index (χ3v) is 5.50. The number of rotatable bonds is 5. The van der Waals surface area contributed by atoms with Gasteiger partial charge in [-0.05, 0) is 36.1 Å². The normalized spacial score (nSPS) is 16.3. The Bertz CT molecular complexity index is 741. The van der Waals surface area contributed by atoms with E-state index in [0.29, 0.717) is 32.7 Å². The number of hydrogen-bond donors (Lipinski definition) is 1. The molecular formula is C19H22FN3O2S. The van der Waals surface area contributed by atoms with E-state index in [0.717, 1.165) is 10.4 Å². The van der Waals surface area contributed by atoms with Gasteiger partial charge in [0.2, 0.25) is 5.91 Å². The molecule has 5 nitrogen and oxygen atoms in total. The van der Waals surface area contributed by atoms with Crippen molar-refractivity contribution in [1.29, 1.82) is 0 Å². The topological polar surface area (TPSA) is 52.7 Å². The average molecular weight is 375 g/mol. The summed E-state index contributed by atoms with van der Waals surface area (Å²) < 4.78 is 12.9. The molecule has 2 amide bonds. The van der Waals surface area contributed by atoms with Crippen LogP contribution in [0.15, 0.2) is 41.8 Å². The second-order valence-electron chi connectivity index (χ2n) is 6.33. The maximum atomic E-state index is 12.9. The lowest BCUT2D eigenvalue weighted by Crippen LogP contribution is -2.54. The SMILES string of the molecule is CC(C(=O)NCc1ccc(F)cc1)N1CCN(C(=O)c2cccs2)CC1. The summed E-state index contributed by atoms with van der Waals surface area (Å²) in [6.45, 7) is 4.82. The van der Waals surface area contributed by atoms with E-state index in [-0.39, 0.29) is 23.7 Å². The summed E-state index contributed by atoms with van der Waals surface area (Å²) in [5, 5.41) is 4.79. The van der Waals surface area contributed by atoms with Crippen molar-refractivity contribution in [1.82, 2.24) is 15.1 Å². The number of thiophene rings is 1. The summed E-state index contributed by atoms with van der Waals surface area (Å²) in [4.78, 5) is 29.4. The molecule has 0 saturated carbocycles. The van der Waals surface area contributed by atoms with Crippen LogP contribution >= 0.6 is 11.3 Å². The van der Waals surface area contributed by atoms with Crippen LogP contribution in [0.2, 0.25) is 0 Å². The Labute approximate surface area is 156 Å². The molecular weight excluding hydrogens is 353 g/mol. The minimum Gasteiger partial charge on any atom is -0.351 e. The number of benzene rings is 1. The minimum absolute atomic E-state index is 0.0626. The molecule has 1 atom stereocenters. The van der Waals surface area contributed by atoms with Crippen LogP contribution in [-0.4, -0.2) is 53.8 Å². The van der Waals surface area contributed by atoms with Crippen molar-refractivity contribution in [3.05, 3.63) is 58.0 Å². The highest BCUT2D eigenvalue weighted by Gasteiger charge is 2.28. The molecule has 1 aromatic heterocycles. The minimum atomic E-state index is -0.289. The van der Waals surface area contributed by atoms with Gasteiger partial charge in [0.1, 0.15) is 5.82 Å². The van der Waals surface area contributed by atoms with Crippen molar-refractivity contribution in [3.8, 4) is 0 Å². The van der Waals surface area contributed by atoms with Crippen LogP contribution in [0.5, 0.6) is 0 Å². The van der Waals surface area contributed by atoms with Gasteiger partial charge in [-0.3, -0.25) is 14.5 Å². The predicted octanol–water partition coefficient (Wildman–Crippen LogP) is 2.35. The van der Waals surface area contributed by atoms with Gasteiger partial charge in [-0.2, -0.15) is 0 Å². The zero-order valence-corrected chi connectivity index (χ0v) is 15.5. The number of halogens is 1. The molecule has 2 aromatic rings. The highest BCUT2D eigenvalue weighted by molar-refractivity contribution is 7.12. The van der Waals surface area contributed by atoms with E-state index in [1.54, 1.807) is 12.1 Å².